The quantitative estimate of drug-likeness (QED) is 0.596. The van der Waals surface area contributed by atoms with Crippen LogP contribution >= 0.6 is 0 Å². The largest absolute Gasteiger partial charge is 0.507 e. The fourth-order valence-corrected chi connectivity index (χ4v) is 0.682. The molecule has 0 aliphatic rings. The van der Waals surface area contributed by atoms with Crippen LogP contribution in [0.3, 0.4) is 0 Å². The van der Waals surface area contributed by atoms with Crippen LogP contribution in [0.15, 0.2) is 24.3 Å². The van der Waals surface area contributed by atoms with Gasteiger partial charge in [-0.15, -0.1) is 0 Å². The summed E-state index contributed by atoms with van der Waals surface area (Å²) in [6, 6.07) is 6.15. The molecule has 0 aliphatic heterocycles. The molecule has 0 heterocycles. The molecule has 3 nitrogen and oxygen atoms in total. The van der Waals surface area contributed by atoms with Gasteiger partial charge in [-0.25, -0.2) is 0 Å². The Hall–Kier alpha value is 0.126. The first-order chi connectivity index (χ1) is 4.72. The monoisotopic (exact) mass is 176 g/mol. The number of benzene rings is 1. The number of aromatic hydroxyl groups is 1. The molecule has 0 bridgehead atoms. The van der Waals surface area contributed by atoms with Crippen LogP contribution in [-0.4, -0.2) is 62.4 Å². The van der Waals surface area contributed by atoms with Crippen LogP contribution in [0.4, 0.5) is 0 Å². The average molecular weight is 176 g/mol. The first-order valence-corrected chi connectivity index (χ1v) is 2.79. The number of amides is 1. The number of carbonyl (C=O) groups is 1. The molecule has 0 spiro atoms. The first kappa shape index (κ1) is 11.1. The minimum atomic E-state index is -0.613. The number of carbonyl (C=O) groups excluding carboxylic acids is 1. The second kappa shape index (κ2) is 4.90. The van der Waals surface area contributed by atoms with Crippen LogP contribution in [0.5, 0.6) is 5.75 Å². The molecule has 1 aromatic rings. The number of phenols is 1. The summed E-state index contributed by atoms with van der Waals surface area (Å²) in [5.41, 5.74) is 5.07. The van der Waals surface area contributed by atoms with Gasteiger partial charge in [-0.3, -0.25) is 4.79 Å². The third-order valence-corrected chi connectivity index (χ3v) is 1.17. The Kier molecular flexibility index (Phi) is 4.95. The number of para-hydroxylation sites is 1. The van der Waals surface area contributed by atoms with Gasteiger partial charge in [-0.2, -0.15) is 0 Å². The Labute approximate surface area is 107 Å². The molecule has 0 saturated heterocycles. The molecule has 53 valence electrons. The molecule has 1 rings (SSSR count). The van der Waals surface area contributed by atoms with Crippen molar-refractivity contribution in [2.45, 2.75) is 0 Å². The summed E-state index contributed by atoms with van der Waals surface area (Å²) >= 11 is 0. The molecule has 0 atom stereocenters. The molecule has 4 heteroatoms. The third kappa shape index (κ3) is 2.92. The smallest absolute Gasteiger partial charge is 0.252 e. The maximum Gasteiger partial charge on any atom is 0.252 e. The summed E-state index contributed by atoms with van der Waals surface area (Å²) in [6.45, 7) is 0. The molecule has 1 radical (unpaired) electrons. The minimum Gasteiger partial charge on any atom is -0.507 e. The summed E-state index contributed by atoms with van der Waals surface area (Å²) in [5, 5.41) is 8.98. The van der Waals surface area contributed by atoms with Crippen LogP contribution in [0.2, 0.25) is 0 Å². The third-order valence-electron chi connectivity index (χ3n) is 1.17. The number of hydrogen-bond acceptors (Lipinski definition) is 2. The van der Waals surface area contributed by atoms with E-state index in [1.54, 1.807) is 12.1 Å². The second-order valence-electron chi connectivity index (χ2n) is 1.88. The molecule has 0 unspecified atom stereocenters. The van der Waals surface area contributed by atoms with E-state index in [-0.39, 0.29) is 62.7 Å². The van der Waals surface area contributed by atoms with Crippen molar-refractivity contribution in [3.63, 3.8) is 0 Å². The van der Waals surface area contributed by atoms with Crippen molar-refractivity contribution >= 4 is 57.3 Å². The van der Waals surface area contributed by atoms with E-state index in [0.717, 1.165) is 0 Å². The summed E-state index contributed by atoms with van der Waals surface area (Å²) < 4.78 is 0. The van der Waals surface area contributed by atoms with Crippen LogP contribution in [0.25, 0.3) is 0 Å². The molecule has 0 aliphatic carbocycles. The summed E-state index contributed by atoms with van der Waals surface area (Å²) in [7, 11) is 0. The fraction of sp³-hybridized carbons (Fsp3) is 0. The predicted molar refractivity (Wildman–Crippen MR) is 42.4 cm³/mol. The molecular formula is C7H7KNO2. The van der Waals surface area contributed by atoms with Gasteiger partial charge in [-0.05, 0) is 12.1 Å². The number of nitrogens with two attached hydrogens (primary N) is 1. The molecule has 0 aromatic heterocycles. The molecule has 0 fully saturated rings. The zero-order valence-corrected chi connectivity index (χ0v) is 9.37. The van der Waals surface area contributed by atoms with Gasteiger partial charge in [0.25, 0.3) is 5.91 Å². The van der Waals surface area contributed by atoms with Crippen LogP contribution in [0, 0.1) is 0 Å². The van der Waals surface area contributed by atoms with Gasteiger partial charge in [0.2, 0.25) is 0 Å². The Morgan fingerprint density at radius 3 is 2.27 bits per heavy atom. The van der Waals surface area contributed by atoms with E-state index in [4.69, 9.17) is 10.8 Å². The van der Waals surface area contributed by atoms with E-state index in [1.807, 2.05) is 0 Å². The Balaban J connectivity index is 0.000001000. The predicted octanol–water partition coefficient (Wildman–Crippen LogP) is 0.110. The average Bonchev–Trinajstić information content (AvgIpc) is 1.88. The van der Waals surface area contributed by atoms with Crippen molar-refractivity contribution in [2.24, 2.45) is 5.73 Å². The molecular weight excluding hydrogens is 169 g/mol. The maximum absolute atomic E-state index is 10.5. The van der Waals surface area contributed by atoms with Crippen molar-refractivity contribution in [3.8, 4) is 5.75 Å². The van der Waals surface area contributed by atoms with Gasteiger partial charge in [0.05, 0.1) is 5.56 Å². The van der Waals surface area contributed by atoms with Crippen LogP contribution in [-0.2, 0) is 0 Å². The summed E-state index contributed by atoms with van der Waals surface area (Å²) in [4.78, 5) is 10.5. The van der Waals surface area contributed by atoms with Crippen molar-refractivity contribution in [3.05, 3.63) is 29.8 Å². The van der Waals surface area contributed by atoms with Gasteiger partial charge < -0.3 is 10.8 Å². The van der Waals surface area contributed by atoms with E-state index in [1.165, 1.54) is 12.1 Å². The number of rotatable bonds is 1. The first-order valence-electron chi connectivity index (χ1n) is 2.79. The Morgan fingerprint density at radius 1 is 1.36 bits per heavy atom. The van der Waals surface area contributed by atoms with Gasteiger partial charge in [-0.1, -0.05) is 12.1 Å². The number of primary amides is 1. The van der Waals surface area contributed by atoms with Crippen molar-refractivity contribution < 1.29 is 9.90 Å². The van der Waals surface area contributed by atoms with E-state index in [2.05, 4.69) is 0 Å². The molecule has 3 N–H and O–H groups in total. The van der Waals surface area contributed by atoms with Gasteiger partial charge in [0.1, 0.15) is 5.75 Å². The van der Waals surface area contributed by atoms with E-state index >= 15 is 0 Å². The van der Waals surface area contributed by atoms with E-state index in [0.29, 0.717) is 0 Å². The summed E-state index contributed by atoms with van der Waals surface area (Å²) in [6.07, 6.45) is 0. The minimum absolute atomic E-state index is 0. The molecule has 1 aromatic carbocycles. The zero-order valence-electron chi connectivity index (χ0n) is 6.24. The molecule has 11 heavy (non-hydrogen) atoms. The molecule has 1 amide bonds. The SMILES string of the molecule is NC(=O)c1ccccc1O.[K]. The van der Waals surface area contributed by atoms with Crippen LogP contribution < -0.4 is 5.73 Å². The van der Waals surface area contributed by atoms with E-state index < -0.39 is 5.91 Å². The topological polar surface area (TPSA) is 63.3 Å². The Bertz CT molecular complexity index is 262. The van der Waals surface area contributed by atoms with E-state index in [9.17, 15) is 4.79 Å². The summed E-state index contributed by atoms with van der Waals surface area (Å²) in [5.74, 6) is -0.687. The molecule has 0 saturated carbocycles. The second-order valence-corrected chi connectivity index (χ2v) is 1.88. The van der Waals surface area contributed by atoms with Crippen LogP contribution in [0.1, 0.15) is 10.4 Å². The van der Waals surface area contributed by atoms with Gasteiger partial charge in [0, 0.05) is 51.4 Å². The van der Waals surface area contributed by atoms with Gasteiger partial charge in [0.15, 0.2) is 0 Å². The fourth-order valence-electron chi connectivity index (χ4n) is 0.682. The normalized spacial score (nSPS) is 8.36. The van der Waals surface area contributed by atoms with Crippen molar-refractivity contribution in [1.82, 2.24) is 0 Å². The maximum atomic E-state index is 10.5. The number of hydrogen-bond donors (Lipinski definition) is 2. The van der Waals surface area contributed by atoms with Gasteiger partial charge >= 0.3 is 0 Å². The Morgan fingerprint density at radius 2 is 1.91 bits per heavy atom. The standard InChI is InChI=1S/C7H7NO2.K/c8-7(10)5-3-1-2-4-6(5)9;/h1-4,9H,(H2,8,10);. The van der Waals surface area contributed by atoms with Crippen molar-refractivity contribution in [1.29, 1.82) is 0 Å². The van der Waals surface area contributed by atoms with Crippen molar-refractivity contribution in [2.75, 3.05) is 0 Å². The zero-order chi connectivity index (χ0) is 7.56.